The fourth-order valence-electron chi connectivity index (χ4n) is 2.72. The first-order chi connectivity index (χ1) is 12.3. The van der Waals surface area contributed by atoms with Crippen molar-refractivity contribution in [3.8, 4) is 0 Å². The molecule has 2 aromatic rings. The Balaban J connectivity index is 1.91. The number of nitrogens with one attached hydrogen (secondary N) is 3. The fraction of sp³-hybridized carbons (Fsp3) is 0.333. The fourth-order valence-corrected chi connectivity index (χ4v) is 2.72. The highest BCUT2D eigenvalue weighted by Gasteiger charge is 2.27. The monoisotopic (exact) mass is 353 g/mol. The summed E-state index contributed by atoms with van der Waals surface area (Å²) >= 11 is 0. The van der Waals surface area contributed by atoms with Crippen LogP contribution >= 0.6 is 0 Å². The molecular formula is C21H27N3O2. The van der Waals surface area contributed by atoms with Crippen molar-refractivity contribution in [2.75, 3.05) is 11.9 Å². The second kappa shape index (κ2) is 8.52. The predicted molar refractivity (Wildman–Crippen MR) is 105 cm³/mol. The van der Waals surface area contributed by atoms with E-state index in [-0.39, 0.29) is 23.9 Å². The highest BCUT2D eigenvalue weighted by molar-refractivity contribution is 5.92. The molecule has 26 heavy (non-hydrogen) atoms. The van der Waals surface area contributed by atoms with Gasteiger partial charge in [0.15, 0.2) is 0 Å². The van der Waals surface area contributed by atoms with Crippen molar-refractivity contribution in [2.24, 2.45) is 5.41 Å². The molecule has 0 aromatic heterocycles. The molecule has 0 radical (unpaired) electrons. The zero-order chi connectivity index (χ0) is 19.2. The maximum atomic E-state index is 12.3. The number of carbonyl (C=O) groups is 2. The van der Waals surface area contributed by atoms with Crippen LogP contribution in [0.5, 0.6) is 0 Å². The largest absolute Gasteiger partial charge is 0.347 e. The minimum Gasteiger partial charge on any atom is -0.347 e. The van der Waals surface area contributed by atoms with Crippen LogP contribution in [0.3, 0.4) is 0 Å². The molecule has 2 rings (SSSR count). The smallest absolute Gasteiger partial charge is 0.319 e. The zero-order valence-electron chi connectivity index (χ0n) is 15.8. The molecule has 1 unspecified atom stereocenters. The maximum absolute atomic E-state index is 12.3. The average Bonchev–Trinajstić information content (AvgIpc) is 2.57. The summed E-state index contributed by atoms with van der Waals surface area (Å²) in [5.74, 6) is -0.229. The molecule has 0 fully saturated rings. The summed E-state index contributed by atoms with van der Waals surface area (Å²) < 4.78 is 0. The number of carbonyl (C=O) groups excluding carboxylic acids is 2. The summed E-state index contributed by atoms with van der Waals surface area (Å²) in [6.45, 7) is 8.08. The van der Waals surface area contributed by atoms with Gasteiger partial charge in [-0.3, -0.25) is 4.79 Å². The van der Waals surface area contributed by atoms with Crippen molar-refractivity contribution >= 4 is 17.6 Å². The summed E-state index contributed by atoms with van der Waals surface area (Å²) in [4.78, 5) is 24.3. The van der Waals surface area contributed by atoms with Crippen LogP contribution in [0.1, 0.15) is 37.9 Å². The number of rotatable bonds is 5. The highest BCUT2D eigenvalue weighted by atomic mass is 16.2. The first kappa shape index (κ1) is 19.5. The van der Waals surface area contributed by atoms with Gasteiger partial charge in [0.25, 0.3) is 0 Å². The zero-order valence-corrected chi connectivity index (χ0v) is 15.8. The Labute approximate surface area is 155 Å². The molecule has 0 aliphatic rings. The summed E-state index contributed by atoms with van der Waals surface area (Å²) in [6, 6.07) is 16.8. The van der Waals surface area contributed by atoms with E-state index < -0.39 is 6.03 Å². The molecule has 0 saturated heterocycles. The van der Waals surface area contributed by atoms with Gasteiger partial charge in [-0.1, -0.05) is 63.2 Å². The van der Waals surface area contributed by atoms with E-state index in [2.05, 4.69) is 36.7 Å². The molecule has 3 N–H and O–H groups in total. The topological polar surface area (TPSA) is 70.2 Å². The number of urea groups is 1. The van der Waals surface area contributed by atoms with Crippen molar-refractivity contribution in [2.45, 2.75) is 33.7 Å². The third-order valence-electron chi connectivity index (χ3n) is 3.99. The summed E-state index contributed by atoms with van der Waals surface area (Å²) in [5, 5.41) is 8.34. The normalized spacial score (nSPS) is 12.2. The second-order valence-electron chi connectivity index (χ2n) is 7.45. The van der Waals surface area contributed by atoms with Crippen molar-refractivity contribution in [1.82, 2.24) is 10.6 Å². The number of aryl methyl sites for hydroxylation is 1. The van der Waals surface area contributed by atoms with Gasteiger partial charge < -0.3 is 16.0 Å². The van der Waals surface area contributed by atoms with Crippen LogP contribution in [0.2, 0.25) is 0 Å². The van der Waals surface area contributed by atoms with E-state index in [1.165, 1.54) is 0 Å². The Morgan fingerprint density at radius 3 is 2.31 bits per heavy atom. The van der Waals surface area contributed by atoms with Crippen molar-refractivity contribution < 1.29 is 9.59 Å². The molecule has 0 aliphatic carbocycles. The Hall–Kier alpha value is -2.82. The minimum atomic E-state index is -0.405. The number of hydrogen-bond acceptors (Lipinski definition) is 2. The van der Waals surface area contributed by atoms with Crippen LogP contribution in [0.15, 0.2) is 54.6 Å². The molecule has 0 aliphatic heterocycles. The van der Waals surface area contributed by atoms with Gasteiger partial charge in [-0.05, 0) is 35.6 Å². The minimum absolute atomic E-state index is 0.0862. The van der Waals surface area contributed by atoms with Crippen LogP contribution in [-0.2, 0) is 4.79 Å². The van der Waals surface area contributed by atoms with Crippen molar-refractivity contribution in [1.29, 1.82) is 0 Å². The Morgan fingerprint density at radius 1 is 1.00 bits per heavy atom. The Kier molecular flexibility index (Phi) is 6.39. The lowest BCUT2D eigenvalue weighted by molar-refractivity contribution is -0.121. The lowest BCUT2D eigenvalue weighted by atomic mass is 9.82. The van der Waals surface area contributed by atoms with Crippen LogP contribution < -0.4 is 16.0 Å². The van der Waals surface area contributed by atoms with E-state index in [1.807, 2.05) is 55.5 Å². The van der Waals surface area contributed by atoms with E-state index in [1.54, 1.807) is 6.07 Å². The average molecular weight is 353 g/mol. The summed E-state index contributed by atoms with van der Waals surface area (Å²) in [5.41, 5.74) is 2.63. The molecule has 2 aromatic carbocycles. The predicted octanol–water partition coefficient (Wildman–Crippen LogP) is 4.02. The van der Waals surface area contributed by atoms with Crippen LogP contribution in [0.25, 0.3) is 0 Å². The van der Waals surface area contributed by atoms with Crippen molar-refractivity contribution in [3.05, 3.63) is 65.7 Å². The lowest BCUT2D eigenvalue weighted by Crippen LogP contribution is -2.43. The summed E-state index contributed by atoms with van der Waals surface area (Å²) in [6.07, 6.45) is 0. The Bertz CT molecular complexity index is 751. The molecular weight excluding hydrogens is 326 g/mol. The van der Waals surface area contributed by atoms with E-state index in [4.69, 9.17) is 0 Å². The van der Waals surface area contributed by atoms with Gasteiger partial charge in [0.1, 0.15) is 0 Å². The molecule has 0 saturated carbocycles. The molecule has 0 spiro atoms. The van der Waals surface area contributed by atoms with Crippen LogP contribution in [0, 0.1) is 12.3 Å². The van der Waals surface area contributed by atoms with E-state index in [9.17, 15) is 9.59 Å². The molecule has 5 heteroatoms. The number of benzene rings is 2. The summed E-state index contributed by atoms with van der Waals surface area (Å²) in [7, 11) is 0. The van der Waals surface area contributed by atoms with Gasteiger partial charge in [0.05, 0.1) is 12.6 Å². The van der Waals surface area contributed by atoms with Gasteiger partial charge in [-0.2, -0.15) is 0 Å². The van der Waals surface area contributed by atoms with Gasteiger partial charge in [-0.15, -0.1) is 0 Å². The second-order valence-corrected chi connectivity index (χ2v) is 7.45. The van der Waals surface area contributed by atoms with Crippen molar-refractivity contribution in [3.63, 3.8) is 0 Å². The highest BCUT2D eigenvalue weighted by Crippen LogP contribution is 2.32. The van der Waals surface area contributed by atoms with Crippen LogP contribution in [0.4, 0.5) is 10.5 Å². The SMILES string of the molecule is Cc1cccc(NC(=O)NCC(=O)NC(c2ccccc2)C(C)(C)C)c1. The third-order valence-corrected chi connectivity index (χ3v) is 3.99. The molecule has 0 heterocycles. The van der Waals surface area contributed by atoms with E-state index in [0.29, 0.717) is 5.69 Å². The first-order valence-corrected chi connectivity index (χ1v) is 8.71. The van der Waals surface area contributed by atoms with E-state index in [0.717, 1.165) is 11.1 Å². The molecule has 1 atom stereocenters. The van der Waals surface area contributed by atoms with Crippen LogP contribution in [-0.4, -0.2) is 18.5 Å². The maximum Gasteiger partial charge on any atom is 0.319 e. The Morgan fingerprint density at radius 2 is 1.69 bits per heavy atom. The van der Waals surface area contributed by atoms with E-state index >= 15 is 0 Å². The number of anilines is 1. The van der Waals surface area contributed by atoms with Gasteiger partial charge >= 0.3 is 6.03 Å². The lowest BCUT2D eigenvalue weighted by Gasteiger charge is -2.32. The van der Waals surface area contributed by atoms with Gasteiger partial charge in [0, 0.05) is 5.69 Å². The van der Waals surface area contributed by atoms with Gasteiger partial charge in [0.2, 0.25) is 5.91 Å². The number of hydrogen-bond donors (Lipinski definition) is 3. The molecule has 0 bridgehead atoms. The first-order valence-electron chi connectivity index (χ1n) is 8.71. The molecule has 138 valence electrons. The standard InChI is InChI=1S/C21H27N3O2/c1-15-9-8-12-17(13-15)23-20(26)22-14-18(25)24-19(21(2,3)4)16-10-6-5-7-11-16/h5-13,19H,14H2,1-4H3,(H,24,25)(H2,22,23,26). The third kappa shape index (κ3) is 5.92. The van der Waals surface area contributed by atoms with Gasteiger partial charge in [-0.25, -0.2) is 4.79 Å². The molecule has 3 amide bonds. The molecule has 5 nitrogen and oxygen atoms in total. The quantitative estimate of drug-likeness (QED) is 0.760. The number of amides is 3.